The summed E-state index contributed by atoms with van der Waals surface area (Å²) in [6.07, 6.45) is 0.473. The van der Waals surface area contributed by atoms with Gasteiger partial charge in [-0.15, -0.1) is 0 Å². The smallest absolute Gasteiger partial charge is 0.311 e. The average Bonchev–Trinajstić information content (AvgIpc) is 2.37. The fraction of sp³-hybridized carbons (Fsp3) is 0.0714. The first kappa shape index (κ1) is 13.7. The Balaban J connectivity index is 2.43. The Labute approximate surface area is 113 Å². The number of halogens is 1. The number of hydrogen-bond acceptors (Lipinski definition) is 4. The van der Waals surface area contributed by atoms with Gasteiger partial charge in [0.25, 0.3) is 0 Å². The van der Waals surface area contributed by atoms with Gasteiger partial charge in [0.2, 0.25) is 5.75 Å². The van der Waals surface area contributed by atoms with Gasteiger partial charge >= 0.3 is 5.69 Å². The van der Waals surface area contributed by atoms with Crippen molar-refractivity contribution in [2.24, 2.45) is 0 Å². The van der Waals surface area contributed by atoms with Gasteiger partial charge in [0.15, 0.2) is 0 Å². The van der Waals surface area contributed by atoms with E-state index in [9.17, 15) is 19.3 Å². The number of ether oxygens (including phenoxy) is 1. The minimum Gasteiger partial charge on any atom is -0.450 e. The number of nitro benzene ring substituents is 1. The normalized spacial score (nSPS) is 10.1. The first-order valence-electron chi connectivity index (χ1n) is 5.68. The Morgan fingerprint density at radius 2 is 2.00 bits per heavy atom. The summed E-state index contributed by atoms with van der Waals surface area (Å²) in [4.78, 5) is 21.0. The quantitative estimate of drug-likeness (QED) is 0.485. The first-order chi connectivity index (χ1) is 9.49. The van der Waals surface area contributed by atoms with Crippen molar-refractivity contribution in [3.63, 3.8) is 0 Å². The van der Waals surface area contributed by atoms with E-state index in [-0.39, 0.29) is 22.7 Å². The highest BCUT2D eigenvalue weighted by Gasteiger charge is 2.16. The first-order valence-corrected chi connectivity index (χ1v) is 5.68. The summed E-state index contributed by atoms with van der Waals surface area (Å²) in [5, 5.41) is 10.9. The lowest BCUT2D eigenvalue weighted by Crippen LogP contribution is -1.95. The molecule has 0 unspecified atom stereocenters. The zero-order valence-corrected chi connectivity index (χ0v) is 10.5. The Morgan fingerprint density at radius 3 is 2.65 bits per heavy atom. The number of aryl methyl sites for hydroxylation is 1. The number of rotatable bonds is 4. The number of aldehydes is 1. The Bertz CT molecular complexity index is 685. The third kappa shape index (κ3) is 2.97. The predicted molar refractivity (Wildman–Crippen MR) is 69.7 cm³/mol. The number of nitro groups is 1. The molecule has 0 aromatic heterocycles. The van der Waals surface area contributed by atoms with Crippen LogP contribution in [0.25, 0.3) is 0 Å². The van der Waals surface area contributed by atoms with Gasteiger partial charge in [-0.3, -0.25) is 14.9 Å². The largest absolute Gasteiger partial charge is 0.450 e. The van der Waals surface area contributed by atoms with E-state index < -0.39 is 10.7 Å². The van der Waals surface area contributed by atoms with Crippen molar-refractivity contribution in [2.45, 2.75) is 6.92 Å². The standard InChI is InChI=1S/C14H10FNO4/c1-9-2-3-13(16(18)19)14(4-9)20-12-6-10(8-17)5-11(15)7-12/h2-8H,1H3. The fourth-order valence-corrected chi connectivity index (χ4v) is 1.69. The van der Waals surface area contributed by atoms with Crippen molar-refractivity contribution in [3.8, 4) is 11.5 Å². The number of nitrogens with zero attached hydrogens (tertiary/aromatic N) is 1. The maximum atomic E-state index is 13.3. The molecule has 0 fully saturated rings. The molecule has 5 nitrogen and oxygen atoms in total. The molecular formula is C14H10FNO4. The third-order valence-corrected chi connectivity index (χ3v) is 2.57. The molecule has 0 amide bonds. The molecule has 0 N–H and O–H groups in total. The second-order valence-corrected chi connectivity index (χ2v) is 4.17. The molecule has 0 spiro atoms. The van der Waals surface area contributed by atoms with Gasteiger partial charge in [-0.2, -0.15) is 0 Å². The van der Waals surface area contributed by atoms with Crippen LogP contribution in [0.3, 0.4) is 0 Å². The summed E-state index contributed by atoms with van der Waals surface area (Å²) < 4.78 is 18.6. The van der Waals surface area contributed by atoms with E-state index in [1.807, 2.05) is 0 Å². The molecule has 0 aliphatic carbocycles. The summed E-state index contributed by atoms with van der Waals surface area (Å²) in [6.45, 7) is 1.75. The molecule has 0 heterocycles. The van der Waals surface area contributed by atoms with E-state index in [4.69, 9.17) is 4.74 Å². The molecule has 2 rings (SSSR count). The maximum Gasteiger partial charge on any atom is 0.311 e. The monoisotopic (exact) mass is 275 g/mol. The van der Waals surface area contributed by atoms with Gasteiger partial charge in [0.1, 0.15) is 17.9 Å². The second kappa shape index (κ2) is 5.48. The van der Waals surface area contributed by atoms with Crippen molar-refractivity contribution < 1.29 is 18.8 Å². The summed E-state index contributed by atoms with van der Waals surface area (Å²) in [5.41, 5.74) is 0.625. The summed E-state index contributed by atoms with van der Waals surface area (Å²) in [7, 11) is 0. The zero-order chi connectivity index (χ0) is 14.7. The Hall–Kier alpha value is -2.76. The summed E-state index contributed by atoms with van der Waals surface area (Å²) >= 11 is 0. The molecule has 0 radical (unpaired) electrons. The van der Waals surface area contributed by atoms with Crippen LogP contribution in [0, 0.1) is 22.9 Å². The van der Waals surface area contributed by atoms with Crippen LogP contribution in [0.2, 0.25) is 0 Å². The number of benzene rings is 2. The molecular weight excluding hydrogens is 265 g/mol. The van der Waals surface area contributed by atoms with Crippen LogP contribution in [0.1, 0.15) is 15.9 Å². The molecule has 0 aliphatic heterocycles. The lowest BCUT2D eigenvalue weighted by molar-refractivity contribution is -0.385. The number of hydrogen-bond donors (Lipinski definition) is 0. The van der Waals surface area contributed by atoms with Crippen LogP contribution in [-0.2, 0) is 0 Å². The van der Waals surface area contributed by atoms with Gasteiger partial charge in [0.05, 0.1) is 4.92 Å². The van der Waals surface area contributed by atoms with Gasteiger partial charge in [-0.05, 0) is 30.7 Å². The highest BCUT2D eigenvalue weighted by molar-refractivity contribution is 5.75. The van der Waals surface area contributed by atoms with Crippen LogP contribution in [0.4, 0.5) is 10.1 Å². The lowest BCUT2D eigenvalue weighted by Gasteiger charge is -2.08. The van der Waals surface area contributed by atoms with Crippen molar-refractivity contribution in [1.82, 2.24) is 0 Å². The fourth-order valence-electron chi connectivity index (χ4n) is 1.69. The molecule has 2 aromatic carbocycles. The molecule has 2 aromatic rings. The molecule has 0 aliphatic rings. The lowest BCUT2D eigenvalue weighted by atomic mass is 10.2. The highest BCUT2D eigenvalue weighted by Crippen LogP contribution is 2.32. The number of carbonyl (C=O) groups is 1. The minimum atomic E-state index is -0.653. The number of carbonyl (C=O) groups excluding carboxylic acids is 1. The minimum absolute atomic E-state index is 0.00236. The molecule has 0 saturated carbocycles. The zero-order valence-electron chi connectivity index (χ0n) is 10.5. The van der Waals surface area contributed by atoms with Crippen LogP contribution in [0.5, 0.6) is 11.5 Å². The predicted octanol–water partition coefficient (Wildman–Crippen LogP) is 3.65. The van der Waals surface area contributed by atoms with Gasteiger partial charge in [-0.1, -0.05) is 6.07 Å². The van der Waals surface area contributed by atoms with Crippen molar-refractivity contribution in [1.29, 1.82) is 0 Å². The molecule has 0 atom stereocenters. The van der Waals surface area contributed by atoms with Crippen molar-refractivity contribution >= 4 is 12.0 Å². The van der Waals surface area contributed by atoms with Crippen LogP contribution < -0.4 is 4.74 Å². The van der Waals surface area contributed by atoms with E-state index >= 15 is 0 Å². The second-order valence-electron chi connectivity index (χ2n) is 4.17. The Kier molecular flexibility index (Phi) is 3.74. The average molecular weight is 275 g/mol. The van der Waals surface area contributed by atoms with E-state index in [0.717, 1.165) is 17.7 Å². The molecule has 102 valence electrons. The SMILES string of the molecule is Cc1ccc([N+](=O)[O-])c(Oc2cc(F)cc(C=O)c2)c1. The topological polar surface area (TPSA) is 69.4 Å². The molecule has 0 bridgehead atoms. The highest BCUT2D eigenvalue weighted by atomic mass is 19.1. The van der Waals surface area contributed by atoms with Crippen molar-refractivity contribution in [3.05, 3.63) is 63.5 Å². The maximum absolute atomic E-state index is 13.3. The molecule has 6 heteroatoms. The van der Waals surface area contributed by atoms with Gasteiger partial charge in [0, 0.05) is 17.7 Å². The van der Waals surface area contributed by atoms with E-state index in [2.05, 4.69) is 0 Å². The van der Waals surface area contributed by atoms with Crippen molar-refractivity contribution in [2.75, 3.05) is 0 Å². The van der Waals surface area contributed by atoms with Crippen LogP contribution in [0.15, 0.2) is 36.4 Å². The Morgan fingerprint density at radius 1 is 1.25 bits per heavy atom. The summed E-state index contributed by atoms with van der Waals surface area (Å²) in [6, 6.07) is 7.77. The van der Waals surface area contributed by atoms with E-state index in [0.29, 0.717) is 6.29 Å². The van der Waals surface area contributed by atoms with E-state index in [1.165, 1.54) is 18.2 Å². The molecule has 0 saturated heterocycles. The van der Waals surface area contributed by atoms with Crippen LogP contribution >= 0.6 is 0 Å². The third-order valence-electron chi connectivity index (χ3n) is 2.57. The summed E-state index contributed by atoms with van der Waals surface area (Å²) in [5.74, 6) is -0.627. The van der Waals surface area contributed by atoms with Crippen LogP contribution in [-0.4, -0.2) is 11.2 Å². The van der Waals surface area contributed by atoms with E-state index in [1.54, 1.807) is 13.0 Å². The van der Waals surface area contributed by atoms with Gasteiger partial charge < -0.3 is 4.74 Å². The molecule has 20 heavy (non-hydrogen) atoms. The van der Waals surface area contributed by atoms with Gasteiger partial charge in [-0.25, -0.2) is 4.39 Å².